The summed E-state index contributed by atoms with van der Waals surface area (Å²) < 4.78 is 22.9. The van der Waals surface area contributed by atoms with Crippen LogP contribution in [-0.4, -0.2) is 58.0 Å². The third-order valence-electron chi connectivity index (χ3n) is 5.31. The lowest BCUT2D eigenvalue weighted by Gasteiger charge is -2.27. The number of carbonyl (C=O) groups excluding carboxylic acids is 1. The highest BCUT2D eigenvalue weighted by atomic mass is 32.2. The predicted octanol–water partition coefficient (Wildman–Crippen LogP) is 1.39. The van der Waals surface area contributed by atoms with Gasteiger partial charge in [-0.1, -0.05) is 45.0 Å². The molecule has 1 aliphatic heterocycles. The zero-order valence-corrected chi connectivity index (χ0v) is 18.7. The molecule has 162 valence electrons. The monoisotopic (exact) mass is 422 g/mol. The van der Waals surface area contributed by atoms with Gasteiger partial charge in [0.25, 0.3) is 0 Å². The number of guanidine groups is 1. The molecule has 0 spiro atoms. The minimum Gasteiger partial charge on any atom is -0.356 e. The van der Waals surface area contributed by atoms with Gasteiger partial charge in [0.2, 0.25) is 5.91 Å². The molecule has 7 nitrogen and oxygen atoms in total. The van der Waals surface area contributed by atoms with E-state index in [0.29, 0.717) is 25.5 Å². The van der Waals surface area contributed by atoms with Crippen LogP contribution < -0.4 is 16.0 Å². The van der Waals surface area contributed by atoms with E-state index < -0.39 is 9.84 Å². The Hall–Kier alpha value is -2.09. The number of sulfone groups is 1. The third-order valence-corrected chi connectivity index (χ3v) is 7.08. The number of hydrogen-bond acceptors (Lipinski definition) is 4. The average molecular weight is 423 g/mol. The first-order valence-corrected chi connectivity index (χ1v) is 12.0. The summed E-state index contributed by atoms with van der Waals surface area (Å²) in [4.78, 5) is 16.2. The average Bonchev–Trinajstić information content (AvgIpc) is 3.02. The van der Waals surface area contributed by atoms with Gasteiger partial charge in [0.05, 0.1) is 11.5 Å². The minimum atomic E-state index is -2.99. The topological polar surface area (TPSA) is 99.7 Å². The van der Waals surface area contributed by atoms with Crippen LogP contribution in [0.15, 0.2) is 29.3 Å². The van der Waals surface area contributed by atoms with E-state index in [0.717, 1.165) is 6.42 Å². The van der Waals surface area contributed by atoms with Gasteiger partial charge in [-0.3, -0.25) is 9.79 Å². The molecular formula is C21H34N4O3S. The maximum Gasteiger partial charge on any atom is 0.222 e. The van der Waals surface area contributed by atoms with E-state index in [1.807, 2.05) is 0 Å². The van der Waals surface area contributed by atoms with E-state index >= 15 is 0 Å². The SMILES string of the molecule is CCc1ccc(C(C)(C)CNC(=NC)NCCC(=O)NC2CCS(=O)(=O)C2)cc1. The van der Waals surface area contributed by atoms with E-state index in [1.54, 1.807) is 7.05 Å². The van der Waals surface area contributed by atoms with Crippen LogP contribution in [0.3, 0.4) is 0 Å². The zero-order chi connectivity index (χ0) is 21.5. The molecule has 1 unspecified atom stereocenters. The lowest BCUT2D eigenvalue weighted by molar-refractivity contribution is -0.121. The summed E-state index contributed by atoms with van der Waals surface area (Å²) in [6, 6.07) is 8.41. The van der Waals surface area contributed by atoms with Crippen LogP contribution in [0.1, 0.15) is 44.7 Å². The molecule has 1 atom stereocenters. The molecule has 0 radical (unpaired) electrons. The Morgan fingerprint density at radius 2 is 1.90 bits per heavy atom. The van der Waals surface area contributed by atoms with Gasteiger partial charge in [-0.15, -0.1) is 0 Å². The number of nitrogens with zero attached hydrogens (tertiary/aromatic N) is 1. The first-order valence-electron chi connectivity index (χ1n) is 10.2. The molecule has 0 aliphatic carbocycles. The molecule has 0 aromatic heterocycles. The summed E-state index contributed by atoms with van der Waals surface area (Å²) in [5.41, 5.74) is 2.50. The summed E-state index contributed by atoms with van der Waals surface area (Å²) in [6.45, 7) is 7.63. The Kier molecular flexibility index (Phi) is 8.07. The van der Waals surface area contributed by atoms with E-state index in [-0.39, 0.29) is 35.3 Å². The second-order valence-corrected chi connectivity index (χ2v) is 10.4. The number of hydrogen-bond donors (Lipinski definition) is 3. The Morgan fingerprint density at radius 3 is 2.45 bits per heavy atom. The molecule has 2 rings (SSSR count). The Labute approximate surface area is 174 Å². The number of nitrogens with one attached hydrogen (secondary N) is 3. The molecule has 3 N–H and O–H groups in total. The van der Waals surface area contributed by atoms with Crippen LogP contribution in [0.5, 0.6) is 0 Å². The molecule has 1 heterocycles. The predicted molar refractivity (Wildman–Crippen MR) is 118 cm³/mol. The second kappa shape index (κ2) is 10.1. The summed E-state index contributed by atoms with van der Waals surface area (Å²) in [5, 5.41) is 9.26. The van der Waals surface area contributed by atoms with Crippen molar-refractivity contribution in [3.8, 4) is 0 Å². The highest BCUT2D eigenvalue weighted by molar-refractivity contribution is 7.91. The second-order valence-electron chi connectivity index (χ2n) is 8.20. The molecule has 29 heavy (non-hydrogen) atoms. The van der Waals surface area contributed by atoms with Crippen molar-refractivity contribution in [1.82, 2.24) is 16.0 Å². The van der Waals surface area contributed by atoms with Gasteiger partial charge in [-0.05, 0) is 24.0 Å². The van der Waals surface area contributed by atoms with Crippen LogP contribution in [0.25, 0.3) is 0 Å². The maximum atomic E-state index is 12.0. The van der Waals surface area contributed by atoms with Crippen molar-refractivity contribution in [1.29, 1.82) is 0 Å². The minimum absolute atomic E-state index is 0.0453. The first kappa shape index (κ1) is 23.2. The van der Waals surface area contributed by atoms with E-state index in [9.17, 15) is 13.2 Å². The number of aliphatic imine (C=N–C) groups is 1. The molecule has 1 aliphatic rings. The Bertz CT molecular complexity index is 817. The third kappa shape index (κ3) is 7.34. The van der Waals surface area contributed by atoms with Gasteiger partial charge in [-0.25, -0.2) is 8.42 Å². The largest absolute Gasteiger partial charge is 0.356 e. The summed E-state index contributed by atoms with van der Waals surface area (Å²) in [5.74, 6) is 0.693. The maximum absolute atomic E-state index is 12.0. The van der Waals surface area contributed by atoms with Crippen molar-refractivity contribution >= 4 is 21.7 Å². The molecule has 0 bridgehead atoms. The van der Waals surface area contributed by atoms with E-state index in [1.165, 1.54) is 11.1 Å². The molecule has 1 fully saturated rings. The number of amides is 1. The molecular weight excluding hydrogens is 388 g/mol. The molecule has 0 saturated carbocycles. The Morgan fingerprint density at radius 1 is 1.21 bits per heavy atom. The van der Waals surface area contributed by atoms with Crippen molar-refractivity contribution in [3.05, 3.63) is 35.4 Å². The highest BCUT2D eigenvalue weighted by Gasteiger charge is 2.28. The van der Waals surface area contributed by atoms with E-state index in [2.05, 4.69) is 66.0 Å². The van der Waals surface area contributed by atoms with Crippen molar-refractivity contribution < 1.29 is 13.2 Å². The molecule has 8 heteroatoms. The highest BCUT2D eigenvalue weighted by Crippen LogP contribution is 2.22. The molecule has 1 saturated heterocycles. The summed E-state index contributed by atoms with van der Waals surface area (Å²) in [7, 11) is -1.29. The van der Waals surface area contributed by atoms with Crippen molar-refractivity contribution in [3.63, 3.8) is 0 Å². The van der Waals surface area contributed by atoms with Crippen LogP contribution in [-0.2, 0) is 26.5 Å². The van der Waals surface area contributed by atoms with Gasteiger partial charge in [0.15, 0.2) is 15.8 Å². The lowest BCUT2D eigenvalue weighted by atomic mass is 9.84. The number of rotatable bonds is 8. The van der Waals surface area contributed by atoms with Gasteiger partial charge >= 0.3 is 0 Å². The van der Waals surface area contributed by atoms with Gasteiger partial charge in [0.1, 0.15) is 0 Å². The van der Waals surface area contributed by atoms with Crippen molar-refractivity contribution in [2.45, 2.75) is 51.5 Å². The normalized spacial score (nSPS) is 19.0. The van der Waals surface area contributed by atoms with E-state index in [4.69, 9.17) is 0 Å². The summed E-state index contributed by atoms with van der Waals surface area (Å²) >= 11 is 0. The quantitative estimate of drug-likeness (QED) is 0.434. The van der Waals surface area contributed by atoms with Gasteiger partial charge in [0, 0.05) is 38.0 Å². The number of aryl methyl sites for hydroxylation is 1. The fraction of sp³-hybridized carbons (Fsp3) is 0.619. The van der Waals surface area contributed by atoms with Crippen LogP contribution in [0, 0.1) is 0 Å². The molecule has 1 aromatic carbocycles. The van der Waals surface area contributed by atoms with Gasteiger partial charge < -0.3 is 16.0 Å². The lowest BCUT2D eigenvalue weighted by Crippen LogP contribution is -2.44. The van der Waals surface area contributed by atoms with Crippen LogP contribution in [0.4, 0.5) is 0 Å². The molecule has 1 aromatic rings. The zero-order valence-electron chi connectivity index (χ0n) is 17.9. The first-order chi connectivity index (χ1) is 13.6. The van der Waals surface area contributed by atoms with Crippen LogP contribution >= 0.6 is 0 Å². The van der Waals surface area contributed by atoms with Crippen molar-refractivity contribution in [2.24, 2.45) is 4.99 Å². The Balaban J connectivity index is 1.74. The fourth-order valence-corrected chi connectivity index (χ4v) is 5.00. The number of carbonyl (C=O) groups is 1. The number of benzene rings is 1. The van der Waals surface area contributed by atoms with Gasteiger partial charge in [-0.2, -0.15) is 0 Å². The summed E-state index contributed by atoms with van der Waals surface area (Å²) in [6.07, 6.45) is 1.79. The standard InChI is InChI=1S/C21H34N4O3S/c1-5-16-6-8-17(9-7-16)21(2,3)15-24-20(22-4)23-12-10-19(26)25-18-11-13-29(27,28)14-18/h6-9,18H,5,10-15H2,1-4H3,(H,25,26)(H2,22,23,24). The molecule has 1 amide bonds. The van der Waals surface area contributed by atoms with Crippen molar-refractivity contribution in [2.75, 3.05) is 31.6 Å². The van der Waals surface area contributed by atoms with Crippen LogP contribution in [0.2, 0.25) is 0 Å². The fourth-order valence-electron chi connectivity index (χ4n) is 3.32. The smallest absolute Gasteiger partial charge is 0.222 e.